The maximum atomic E-state index is 5.40. The maximum absolute atomic E-state index is 5.40. The molecule has 0 aliphatic carbocycles. The fourth-order valence-corrected chi connectivity index (χ4v) is 11.7. The van der Waals surface area contributed by atoms with E-state index < -0.39 is 0 Å². The molecule has 0 saturated carbocycles. The van der Waals surface area contributed by atoms with Crippen molar-refractivity contribution < 1.29 is 0 Å². The van der Waals surface area contributed by atoms with Crippen LogP contribution in [0.2, 0.25) is 0 Å². The second kappa shape index (κ2) is 16.8. The fourth-order valence-electron chi connectivity index (χ4n) is 11.7. The zero-order chi connectivity index (χ0) is 50.7. The van der Waals surface area contributed by atoms with Gasteiger partial charge < -0.3 is 9.80 Å². The Kier molecular flexibility index (Phi) is 10.1. The monoisotopic (exact) mass is 963 g/mol. The molecule has 6 heteroatoms. The summed E-state index contributed by atoms with van der Waals surface area (Å²) in [6, 6.07) is 80.6. The molecule has 0 amide bonds. The number of nitrogens with zero attached hydrogens (tertiary/aromatic N) is 5. The third-order valence-corrected chi connectivity index (χ3v) is 15.7. The van der Waals surface area contributed by atoms with E-state index in [0.717, 1.165) is 50.8 Å². The number of anilines is 6. The van der Waals surface area contributed by atoms with E-state index in [0.29, 0.717) is 17.5 Å². The van der Waals surface area contributed by atoms with Crippen molar-refractivity contribution in [3.63, 3.8) is 0 Å². The van der Waals surface area contributed by atoms with Crippen LogP contribution >= 0.6 is 0 Å². The lowest BCUT2D eigenvalue weighted by Crippen LogP contribution is -2.61. The first kappa shape index (κ1) is 44.8. The number of hydrogen-bond donors (Lipinski definition) is 0. The van der Waals surface area contributed by atoms with Crippen LogP contribution in [0.4, 0.5) is 34.1 Å². The zero-order valence-electron chi connectivity index (χ0n) is 43.1. The van der Waals surface area contributed by atoms with Gasteiger partial charge in [0.05, 0.1) is 0 Å². The van der Waals surface area contributed by atoms with Crippen molar-refractivity contribution >= 4 is 100 Å². The minimum absolute atomic E-state index is 0.0216. The van der Waals surface area contributed by atoms with Gasteiger partial charge in [-0.05, 0) is 154 Å². The summed E-state index contributed by atoms with van der Waals surface area (Å²) < 4.78 is 0. The Morgan fingerprint density at radius 2 is 0.640 bits per heavy atom. The molecule has 0 N–H and O–H groups in total. The van der Waals surface area contributed by atoms with Gasteiger partial charge in [-0.3, -0.25) is 0 Å². The summed E-state index contributed by atoms with van der Waals surface area (Å²) in [5.41, 5.74) is 15.7. The lowest BCUT2D eigenvalue weighted by molar-refractivity contribution is 0.590. The van der Waals surface area contributed by atoms with E-state index in [-0.39, 0.29) is 17.5 Å². The molecule has 2 aliphatic heterocycles. The van der Waals surface area contributed by atoms with Crippen LogP contribution in [0.5, 0.6) is 0 Å². The first-order chi connectivity index (χ1) is 36.4. The average molecular weight is 964 g/mol. The first-order valence-electron chi connectivity index (χ1n) is 26.2. The van der Waals surface area contributed by atoms with Gasteiger partial charge >= 0.3 is 0 Å². The van der Waals surface area contributed by atoms with Gasteiger partial charge in [0.15, 0.2) is 17.5 Å². The van der Waals surface area contributed by atoms with Gasteiger partial charge in [0, 0.05) is 50.8 Å². The topological polar surface area (TPSA) is 45.2 Å². The third kappa shape index (κ3) is 7.57. The van der Waals surface area contributed by atoms with Crippen LogP contribution in [0.1, 0.15) is 52.7 Å². The summed E-state index contributed by atoms with van der Waals surface area (Å²) in [6.07, 6.45) is 0. The molecular formula is C69H54BN5. The van der Waals surface area contributed by atoms with Gasteiger partial charge in [-0.2, -0.15) is 0 Å². The van der Waals surface area contributed by atoms with Crippen LogP contribution in [-0.4, -0.2) is 21.7 Å². The summed E-state index contributed by atoms with van der Waals surface area (Å²) in [4.78, 5) is 21.0. The molecule has 11 aromatic carbocycles. The van der Waals surface area contributed by atoms with Crippen molar-refractivity contribution in [2.75, 3.05) is 9.80 Å². The quantitative estimate of drug-likeness (QED) is 0.127. The molecule has 75 heavy (non-hydrogen) atoms. The Balaban J connectivity index is 1.12. The van der Waals surface area contributed by atoms with Crippen molar-refractivity contribution in [2.24, 2.45) is 0 Å². The fraction of sp³-hybridized carbons (Fsp3) is 0.116. The van der Waals surface area contributed by atoms with Gasteiger partial charge in [-0.15, -0.1) is 0 Å². The molecule has 12 aromatic rings. The molecule has 0 atom stereocenters. The van der Waals surface area contributed by atoms with Crippen molar-refractivity contribution in [3.05, 3.63) is 230 Å². The molecule has 0 spiro atoms. The van der Waals surface area contributed by atoms with Crippen molar-refractivity contribution in [1.29, 1.82) is 0 Å². The molecule has 0 radical (unpaired) electrons. The van der Waals surface area contributed by atoms with Crippen LogP contribution in [0.3, 0.4) is 0 Å². The van der Waals surface area contributed by atoms with Crippen molar-refractivity contribution in [1.82, 2.24) is 15.0 Å². The predicted molar refractivity (Wildman–Crippen MR) is 318 cm³/mol. The minimum Gasteiger partial charge on any atom is -0.311 e. The van der Waals surface area contributed by atoms with Crippen LogP contribution in [0.25, 0.3) is 77.3 Å². The highest BCUT2D eigenvalue weighted by molar-refractivity contribution is 7.00. The minimum atomic E-state index is -0.130. The Hall–Kier alpha value is -8.87. The number of fused-ring (bicyclic) bond motifs is 8. The molecule has 0 unspecified atom stereocenters. The molecule has 2 aliphatic rings. The standard InChI is InChI=1S/C69H54BN5/c1-68(2,3)54-25-29-56(30-26-54)74-60-39-51-35-47-23-15-13-21-45(47)33-49(51)37-58(60)70-59-38-50-34-46-22-14-16-24-48(46)36-52(50)40-61(59)75(57-31-27-55(28-32-57)69(4,5)6)63-42-53(41-62(74)64(63)70)67-72-65(43-17-9-7-10-18-43)71-66(73-67)44-19-11-8-12-20-44/h7-42H,1-6H3. The summed E-state index contributed by atoms with van der Waals surface area (Å²) in [7, 11) is 0. The molecule has 358 valence electrons. The highest BCUT2D eigenvalue weighted by atomic mass is 15.2. The highest BCUT2D eigenvalue weighted by Crippen LogP contribution is 2.48. The predicted octanol–water partition coefficient (Wildman–Crippen LogP) is 16.2. The van der Waals surface area contributed by atoms with Crippen LogP contribution in [0.15, 0.2) is 218 Å². The Morgan fingerprint density at radius 3 is 1.00 bits per heavy atom. The van der Waals surface area contributed by atoms with Crippen LogP contribution in [0, 0.1) is 0 Å². The van der Waals surface area contributed by atoms with Crippen LogP contribution in [-0.2, 0) is 10.8 Å². The smallest absolute Gasteiger partial charge is 0.252 e. The van der Waals surface area contributed by atoms with Crippen LogP contribution < -0.4 is 26.2 Å². The molecule has 5 nitrogen and oxygen atoms in total. The Bertz CT molecular complexity index is 3980. The third-order valence-electron chi connectivity index (χ3n) is 15.7. The largest absolute Gasteiger partial charge is 0.311 e. The second-order valence-electron chi connectivity index (χ2n) is 22.6. The summed E-state index contributed by atoms with van der Waals surface area (Å²) in [5.74, 6) is 1.86. The number of benzene rings is 11. The van der Waals surface area contributed by atoms with E-state index in [1.165, 1.54) is 70.6 Å². The van der Waals surface area contributed by atoms with Gasteiger partial charge in [0.2, 0.25) is 0 Å². The van der Waals surface area contributed by atoms with E-state index in [4.69, 9.17) is 15.0 Å². The SMILES string of the molecule is CC(C)(C)c1ccc(N2c3cc4cc5ccccc5cc4cc3B3c4cc5cc6ccccc6cc5cc4N(c4ccc(C(C)(C)C)cc4)c4cc(-c5nc(-c6ccccc6)nc(-c6ccccc6)n5)cc2c43)cc1. The van der Waals surface area contributed by atoms with Crippen molar-refractivity contribution in [3.8, 4) is 34.2 Å². The molecule has 0 bridgehead atoms. The zero-order valence-corrected chi connectivity index (χ0v) is 43.1. The lowest BCUT2D eigenvalue weighted by Gasteiger charge is -2.44. The molecule has 0 saturated heterocycles. The van der Waals surface area contributed by atoms with E-state index in [1.807, 2.05) is 36.4 Å². The van der Waals surface area contributed by atoms with Gasteiger partial charge in [-0.1, -0.05) is 187 Å². The summed E-state index contributed by atoms with van der Waals surface area (Å²) in [5, 5.41) is 9.74. The number of aromatic nitrogens is 3. The van der Waals surface area contributed by atoms with Gasteiger partial charge in [0.1, 0.15) is 0 Å². The first-order valence-corrected chi connectivity index (χ1v) is 26.2. The molecular weight excluding hydrogens is 910 g/mol. The lowest BCUT2D eigenvalue weighted by atomic mass is 9.33. The van der Waals surface area contributed by atoms with E-state index in [9.17, 15) is 0 Å². The molecule has 3 heterocycles. The van der Waals surface area contributed by atoms with E-state index >= 15 is 0 Å². The normalized spacial score (nSPS) is 13.1. The molecule has 14 rings (SSSR count). The molecule has 1 aromatic heterocycles. The number of hydrogen-bond acceptors (Lipinski definition) is 5. The van der Waals surface area contributed by atoms with Crippen molar-refractivity contribution in [2.45, 2.75) is 52.4 Å². The Morgan fingerprint density at radius 1 is 0.307 bits per heavy atom. The van der Waals surface area contributed by atoms with Gasteiger partial charge in [-0.25, -0.2) is 15.0 Å². The van der Waals surface area contributed by atoms with E-state index in [2.05, 4.69) is 233 Å². The average Bonchev–Trinajstić information content (AvgIpc) is 3.43. The summed E-state index contributed by atoms with van der Waals surface area (Å²) >= 11 is 0. The number of rotatable bonds is 5. The second-order valence-corrected chi connectivity index (χ2v) is 22.6. The summed E-state index contributed by atoms with van der Waals surface area (Å²) in [6.45, 7) is 13.6. The maximum Gasteiger partial charge on any atom is 0.252 e. The van der Waals surface area contributed by atoms with Gasteiger partial charge in [0.25, 0.3) is 6.71 Å². The Labute approximate surface area is 438 Å². The molecule has 0 fully saturated rings. The van der Waals surface area contributed by atoms with E-state index in [1.54, 1.807) is 0 Å². The highest BCUT2D eigenvalue weighted by Gasteiger charge is 2.44.